The molecular weight excluding hydrogens is 432 g/mol. The minimum Gasteiger partial charge on any atom is -0.464 e. The second-order valence-electron chi connectivity index (χ2n) is 6.47. The summed E-state index contributed by atoms with van der Waals surface area (Å²) in [6.45, 7) is 3.11. The number of hydrogen-bond acceptors (Lipinski definition) is 6. The minimum absolute atomic E-state index is 0.0607. The molecule has 0 bridgehead atoms. The van der Waals surface area contributed by atoms with Crippen LogP contribution in [0.5, 0.6) is 0 Å². The molecule has 0 saturated carbocycles. The van der Waals surface area contributed by atoms with Crippen molar-refractivity contribution in [3.05, 3.63) is 64.2 Å². The number of methoxy groups -OCH3 is 1. The average Bonchev–Trinajstić information content (AvgIpc) is 2.71. The molecule has 0 saturated heterocycles. The molecule has 1 unspecified atom stereocenters. The van der Waals surface area contributed by atoms with Crippen LogP contribution < -0.4 is 5.30 Å². The van der Waals surface area contributed by atoms with Crippen molar-refractivity contribution in [1.82, 2.24) is 0 Å². The van der Waals surface area contributed by atoms with Gasteiger partial charge in [-0.05, 0) is 36.8 Å². The predicted molar refractivity (Wildman–Crippen MR) is 115 cm³/mol. The zero-order valence-electron chi connectivity index (χ0n) is 17.4. The number of carbonyl (C=O) groups is 1. The van der Waals surface area contributed by atoms with Crippen molar-refractivity contribution in [2.75, 3.05) is 14.2 Å². The third kappa shape index (κ3) is 6.04. The van der Waals surface area contributed by atoms with Gasteiger partial charge >= 0.3 is 12.1 Å². The minimum atomic E-state index is -4.53. The predicted octanol–water partition coefficient (Wildman–Crippen LogP) is 3.98. The Kier molecular flexibility index (Phi) is 8.16. The number of benzene rings is 2. The molecule has 31 heavy (non-hydrogen) atoms. The molecule has 1 atom stereocenters. The van der Waals surface area contributed by atoms with Crippen LogP contribution in [0.3, 0.4) is 0 Å². The second-order valence-corrected chi connectivity index (χ2v) is 7.13. The number of esters is 1. The van der Waals surface area contributed by atoms with Crippen molar-refractivity contribution in [3.8, 4) is 0 Å². The molecule has 0 spiro atoms. The lowest BCUT2D eigenvalue weighted by Crippen LogP contribution is -2.20. The van der Waals surface area contributed by atoms with Gasteiger partial charge in [-0.1, -0.05) is 34.6 Å². The Labute approximate surface area is 180 Å². The summed E-state index contributed by atoms with van der Waals surface area (Å²) in [7, 11) is 4.86. The Bertz CT molecular complexity index is 1020. The van der Waals surface area contributed by atoms with Gasteiger partial charge in [-0.3, -0.25) is 0 Å². The lowest BCUT2D eigenvalue weighted by atomic mass is 9.99. The Balaban J connectivity index is 2.37. The molecule has 0 heterocycles. The maximum atomic E-state index is 13.3. The molecule has 0 aliphatic carbocycles. The molecule has 0 fully saturated rings. The summed E-state index contributed by atoms with van der Waals surface area (Å²) >= 11 is 0. The summed E-state index contributed by atoms with van der Waals surface area (Å²) in [6, 6.07) is 8.87. The van der Waals surface area contributed by atoms with Crippen molar-refractivity contribution in [3.63, 3.8) is 0 Å². The Morgan fingerprint density at radius 1 is 1.10 bits per heavy atom. The normalized spacial score (nSPS) is 12.5. The van der Waals surface area contributed by atoms with Crippen LogP contribution >= 0.6 is 9.24 Å². The van der Waals surface area contributed by atoms with Gasteiger partial charge in [0.1, 0.15) is 13.7 Å². The number of hydrogen-bond donors (Lipinski definition) is 0. The summed E-state index contributed by atoms with van der Waals surface area (Å²) in [6.07, 6.45) is -4.53. The van der Waals surface area contributed by atoms with Gasteiger partial charge in [0.25, 0.3) is 0 Å². The summed E-state index contributed by atoms with van der Waals surface area (Å²) in [4.78, 5) is 22.2. The van der Waals surface area contributed by atoms with E-state index < -0.39 is 17.7 Å². The summed E-state index contributed by atoms with van der Waals surface area (Å²) in [5, 5.41) is 8.19. The molecule has 6 nitrogen and oxygen atoms in total. The van der Waals surface area contributed by atoms with Gasteiger partial charge in [-0.2, -0.15) is 13.2 Å². The van der Waals surface area contributed by atoms with E-state index in [2.05, 4.69) is 19.6 Å². The van der Waals surface area contributed by atoms with Crippen molar-refractivity contribution in [2.45, 2.75) is 26.6 Å². The van der Waals surface area contributed by atoms with Gasteiger partial charge in [0.15, 0.2) is 5.71 Å². The van der Waals surface area contributed by atoms with Crippen LogP contribution in [0.2, 0.25) is 0 Å². The highest BCUT2D eigenvalue weighted by molar-refractivity contribution is 7.27. The van der Waals surface area contributed by atoms with E-state index in [4.69, 9.17) is 14.4 Å². The van der Waals surface area contributed by atoms with Crippen molar-refractivity contribution in [2.24, 2.45) is 10.3 Å². The van der Waals surface area contributed by atoms with E-state index in [1.54, 1.807) is 25.1 Å². The number of carbonyl (C=O) groups excluding carboxylic acids is 1. The van der Waals surface area contributed by atoms with E-state index in [9.17, 15) is 18.0 Å². The highest BCUT2D eigenvalue weighted by atomic mass is 31.0. The second kappa shape index (κ2) is 10.4. The highest BCUT2D eigenvalue weighted by Gasteiger charge is 2.34. The third-order valence-corrected chi connectivity index (χ3v) is 4.73. The van der Waals surface area contributed by atoms with Gasteiger partial charge < -0.3 is 14.4 Å². The lowest BCUT2D eigenvalue weighted by molar-refractivity contribution is -0.137. The molecule has 0 aliphatic heterocycles. The molecular formula is C21H22F3N2O4P. The first-order chi connectivity index (χ1) is 14.6. The van der Waals surface area contributed by atoms with Gasteiger partial charge in [0.2, 0.25) is 0 Å². The molecule has 2 aromatic rings. The topological polar surface area (TPSA) is 69.5 Å². The first kappa shape index (κ1) is 24.3. The van der Waals surface area contributed by atoms with Gasteiger partial charge in [-0.15, -0.1) is 9.24 Å². The number of aryl methyl sites for hydroxylation is 1. The van der Waals surface area contributed by atoms with Crippen LogP contribution in [0, 0.1) is 6.92 Å². The first-order valence-corrected chi connectivity index (χ1v) is 9.59. The molecule has 2 aromatic carbocycles. The quantitative estimate of drug-likeness (QED) is 0.275. The van der Waals surface area contributed by atoms with Crippen molar-refractivity contribution >= 4 is 31.9 Å². The zero-order chi connectivity index (χ0) is 23.2. The van der Waals surface area contributed by atoms with Crippen molar-refractivity contribution < 1.29 is 32.4 Å². The molecule has 0 radical (unpaired) electrons. The number of nitrogens with zero attached hydrogens (tertiary/aromatic N) is 2. The fraction of sp³-hybridized carbons (Fsp3) is 0.286. The fourth-order valence-electron chi connectivity index (χ4n) is 2.85. The lowest BCUT2D eigenvalue weighted by Gasteiger charge is -2.14. The largest absolute Gasteiger partial charge is 0.464 e. The van der Waals surface area contributed by atoms with Gasteiger partial charge in [-0.25, -0.2) is 4.79 Å². The van der Waals surface area contributed by atoms with Crippen LogP contribution in [0.1, 0.15) is 34.7 Å². The third-order valence-electron chi connectivity index (χ3n) is 4.38. The molecule has 10 heteroatoms. The zero-order valence-corrected chi connectivity index (χ0v) is 18.6. The number of rotatable bonds is 7. The molecule has 0 aromatic heterocycles. The smallest absolute Gasteiger partial charge is 0.417 e. The number of ether oxygens (including phenoxy) is 1. The Morgan fingerprint density at radius 3 is 2.42 bits per heavy atom. The first-order valence-electron chi connectivity index (χ1n) is 9.02. The van der Waals surface area contributed by atoms with Crippen LogP contribution in [0.15, 0.2) is 46.7 Å². The highest BCUT2D eigenvalue weighted by Crippen LogP contribution is 2.32. The number of oxime groups is 2. The molecule has 166 valence electrons. The maximum absolute atomic E-state index is 13.3. The SMILES string of the molecule is CO/N=C(/C(=O)OC)c1cccc(C)c1CO/N=C(\C)c1cc(P)ccc1C(F)(F)F. The number of halogens is 3. The number of alkyl halides is 3. The Hall–Kier alpha value is -2.93. The van der Waals surface area contributed by atoms with E-state index in [0.29, 0.717) is 16.4 Å². The average molecular weight is 454 g/mol. The molecule has 0 N–H and O–H groups in total. The fourth-order valence-corrected chi connectivity index (χ4v) is 3.11. The summed E-state index contributed by atoms with van der Waals surface area (Å²) in [5.41, 5.74) is 0.844. The van der Waals surface area contributed by atoms with E-state index in [1.165, 1.54) is 33.3 Å². The van der Waals surface area contributed by atoms with Gasteiger partial charge in [0, 0.05) is 16.7 Å². The maximum Gasteiger partial charge on any atom is 0.417 e. The van der Waals surface area contributed by atoms with Gasteiger partial charge in [0.05, 0.1) is 18.4 Å². The monoisotopic (exact) mass is 454 g/mol. The van der Waals surface area contributed by atoms with Crippen molar-refractivity contribution in [1.29, 1.82) is 0 Å². The van der Waals surface area contributed by atoms with E-state index in [-0.39, 0.29) is 23.6 Å². The standard InChI is InChI=1S/C21H22F3N2O4P/c1-12-6-5-7-15(19(26-29-4)20(27)28-3)17(12)11-30-25-13(2)16-10-14(31)8-9-18(16)21(22,23)24/h5-10H,11,31H2,1-4H3/b25-13+,26-19+. The van der Waals surface area contributed by atoms with Crippen LogP contribution in [-0.4, -0.2) is 31.6 Å². The van der Waals surface area contributed by atoms with Crippen LogP contribution in [0.25, 0.3) is 0 Å². The van der Waals surface area contributed by atoms with Crippen LogP contribution in [0.4, 0.5) is 13.2 Å². The molecule has 0 aliphatic rings. The van der Waals surface area contributed by atoms with E-state index in [0.717, 1.165) is 11.6 Å². The van der Waals surface area contributed by atoms with E-state index in [1.807, 2.05) is 0 Å². The summed E-state index contributed by atoms with van der Waals surface area (Å²) in [5.74, 6) is -0.708. The van der Waals surface area contributed by atoms with Crippen LogP contribution in [-0.2, 0) is 32.0 Å². The summed E-state index contributed by atoms with van der Waals surface area (Å²) < 4.78 is 44.7. The Morgan fingerprint density at radius 2 is 1.81 bits per heavy atom. The molecule has 0 amide bonds. The molecule has 2 rings (SSSR count). The van der Waals surface area contributed by atoms with E-state index >= 15 is 0 Å².